The molecule has 3 atom stereocenters. The maximum absolute atomic E-state index is 13.3. The summed E-state index contributed by atoms with van der Waals surface area (Å²) < 4.78 is 11.5. The number of hydrogen-bond acceptors (Lipinski definition) is 5. The molecule has 3 fully saturated rings. The van der Waals surface area contributed by atoms with Crippen molar-refractivity contribution in [2.45, 2.75) is 31.4 Å². The lowest BCUT2D eigenvalue weighted by molar-refractivity contribution is -0.141. The molecule has 1 N–H and O–H groups in total. The molecule has 1 aliphatic carbocycles. The number of fused-ring (bicyclic) bond motifs is 1. The number of piperazine rings is 1. The molecule has 7 heteroatoms. The molecule has 34 heavy (non-hydrogen) atoms. The fourth-order valence-corrected chi connectivity index (χ4v) is 5.22. The molecule has 178 valence electrons. The maximum atomic E-state index is 13.3. The highest BCUT2D eigenvalue weighted by Crippen LogP contribution is 2.33. The summed E-state index contributed by atoms with van der Waals surface area (Å²) in [6.07, 6.45) is 3.76. The fourth-order valence-electron chi connectivity index (χ4n) is 5.22. The lowest BCUT2D eigenvalue weighted by Gasteiger charge is -2.42. The van der Waals surface area contributed by atoms with Crippen LogP contribution in [-0.2, 0) is 14.3 Å². The van der Waals surface area contributed by atoms with Crippen molar-refractivity contribution in [1.82, 2.24) is 10.2 Å². The van der Waals surface area contributed by atoms with E-state index in [1.807, 2.05) is 47.4 Å². The van der Waals surface area contributed by atoms with Crippen molar-refractivity contribution in [3.8, 4) is 5.75 Å². The molecule has 3 unspecified atom stereocenters. The second-order valence-electron chi connectivity index (χ2n) is 9.14. The smallest absolute Gasteiger partial charge is 0.286 e. The summed E-state index contributed by atoms with van der Waals surface area (Å²) in [7, 11) is 1.61. The fraction of sp³-hybridized carbons (Fsp3) is 0.407. The van der Waals surface area contributed by atoms with Crippen LogP contribution in [0.3, 0.4) is 0 Å². The van der Waals surface area contributed by atoms with Crippen LogP contribution < -0.4 is 15.0 Å². The Balaban J connectivity index is 1.18. The second-order valence-corrected chi connectivity index (χ2v) is 9.14. The second kappa shape index (κ2) is 9.79. The quantitative estimate of drug-likeness (QED) is 0.709. The Morgan fingerprint density at radius 3 is 2.53 bits per heavy atom. The molecular formula is C27H31N3O4. The number of carbonyl (C=O) groups excluding carboxylic acids is 2. The number of anilines is 1. The van der Waals surface area contributed by atoms with Gasteiger partial charge in [-0.05, 0) is 43.5 Å². The molecule has 2 aromatic rings. The van der Waals surface area contributed by atoms with Gasteiger partial charge in [0.1, 0.15) is 11.9 Å². The molecule has 2 aliphatic heterocycles. The van der Waals surface area contributed by atoms with E-state index in [-0.39, 0.29) is 29.9 Å². The molecular weight excluding hydrogens is 430 g/mol. The van der Waals surface area contributed by atoms with E-state index in [2.05, 4.69) is 22.3 Å². The Kier molecular flexibility index (Phi) is 6.43. The molecule has 5 rings (SSSR count). The van der Waals surface area contributed by atoms with Gasteiger partial charge in [0.2, 0.25) is 5.91 Å². The number of carbonyl (C=O) groups is 2. The van der Waals surface area contributed by atoms with Gasteiger partial charge in [0.15, 0.2) is 5.76 Å². The third kappa shape index (κ3) is 4.60. The first-order valence-corrected chi connectivity index (χ1v) is 12.0. The van der Waals surface area contributed by atoms with Gasteiger partial charge in [0.05, 0.1) is 13.2 Å². The summed E-state index contributed by atoms with van der Waals surface area (Å²) >= 11 is 0. The maximum Gasteiger partial charge on any atom is 0.286 e. The monoisotopic (exact) mass is 461 g/mol. The van der Waals surface area contributed by atoms with E-state index in [1.165, 1.54) is 5.69 Å². The van der Waals surface area contributed by atoms with Crippen molar-refractivity contribution in [2.24, 2.45) is 5.92 Å². The van der Waals surface area contributed by atoms with Crippen LogP contribution in [-0.4, -0.2) is 62.1 Å². The SMILES string of the molecule is COc1ccccc1/C=C1\OC2CCC(C(=O)N3CCN(c4ccccc4)CC3)CC2NC1=O. The standard InChI is InChI=1S/C27H31N3O4/c1-33-23-10-6-5-7-19(23)18-25-26(31)28-22-17-20(11-12-24(22)34-25)27(32)30-15-13-29(14-16-30)21-8-3-2-4-9-21/h2-10,18,20,22,24H,11-17H2,1H3,(H,28,31)/b25-18-. The van der Waals surface area contributed by atoms with Crippen molar-refractivity contribution in [3.63, 3.8) is 0 Å². The number of nitrogens with zero attached hydrogens (tertiary/aromatic N) is 2. The number of methoxy groups -OCH3 is 1. The number of para-hydroxylation sites is 2. The van der Waals surface area contributed by atoms with Gasteiger partial charge in [-0.3, -0.25) is 9.59 Å². The van der Waals surface area contributed by atoms with Crippen LogP contribution in [0.2, 0.25) is 0 Å². The molecule has 0 radical (unpaired) electrons. The van der Waals surface area contributed by atoms with Crippen LogP contribution in [0, 0.1) is 5.92 Å². The van der Waals surface area contributed by atoms with Crippen molar-refractivity contribution in [3.05, 3.63) is 65.9 Å². The lowest BCUT2D eigenvalue weighted by Crippen LogP contribution is -2.56. The lowest BCUT2D eigenvalue weighted by atomic mass is 9.82. The van der Waals surface area contributed by atoms with Gasteiger partial charge >= 0.3 is 0 Å². The van der Waals surface area contributed by atoms with E-state index in [1.54, 1.807) is 13.2 Å². The first-order chi connectivity index (χ1) is 16.6. The number of morpholine rings is 1. The molecule has 2 heterocycles. The van der Waals surface area contributed by atoms with Gasteiger partial charge in [0.25, 0.3) is 5.91 Å². The number of hydrogen-bond donors (Lipinski definition) is 1. The average molecular weight is 462 g/mol. The molecule has 2 aromatic carbocycles. The third-order valence-electron chi connectivity index (χ3n) is 7.09. The number of amides is 2. The summed E-state index contributed by atoms with van der Waals surface area (Å²) in [4.78, 5) is 30.3. The molecule has 7 nitrogen and oxygen atoms in total. The highest BCUT2D eigenvalue weighted by atomic mass is 16.5. The molecule has 2 amide bonds. The van der Waals surface area contributed by atoms with E-state index in [9.17, 15) is 9.59 Å². The Bertz CT molecular complexity index is 1060. The van der Waals surface area contributed by atoms with Crippen LogP contribution in [0.25, 0.3) is 6.08 Å². The van der Waals surface area contributed by atoms with Crippen molar-refractivity contribution in [1.29, 1.82) is 0 Å². The van der Waals surface area contributed by atoms with Gasteiger partial charge in [-0.1, -0.05) is 36.4 Å². The Morgan fingerprint density at radius 1 is 1.03 bits per heavy atom. The predicted molar refractivity (Wildman–Crippen MR) is 130 cm³/mol. The summed E-state index contributed by atoms with van der Waals surface area (Å²) in [5.41, 5.74) is 2.00. The highest BCUT2D eigenvalue weighted by Gasteiger charge is 2.41. The minimum absolute atomic E-state index is 0.0758. The van der Waals surface area contributed by atoms with Crippen LogP contribution in [0.4, 0.5) is 5.69 Å². The van der Waals surface area contributed by atoms with Crippen molar-refractivity contribution >= 4 is 23.6 Å². The van der Waals surface area contributed by atoms with Crippen LogP contribution in [0.5, 0.6) is 5.75 Å². The van der Waals surface area contributed by atoms with Crippen LogP contribution in [0.1, 0.15) is 24.8 Å². The van der Waals surface area contributed by atoms with Crippen molar-refractivity contribution < 1.29 is 19.1 Å². The Labute approximate surface area is 200 Å². The third-order valence-corrected chi connectivity index (χ3v) is 7.09. The zero-order valence-electron chi connectivity index (χ0n) is 19.5. The first kappa shape index (κ1) is 22.3. The van der Waals surface area contributed by atoms with E-state index in [4.69, 9.17) is 9.47 Å². The van der Waals surface area contributed by atoms with Gasteiger partial charge in [-0.2, -0.15) is 0 Å². The number of ether oxygens (including phenoxy) is 2. The van der Waals surface area contributed by atoms with E-state index < -0.39 is 0 Å². The summed E-state index contributed by atoms with van der Waals surface area (Å²) in [6, 6.07) is 17.7. The van der Waals surface area contributed by atoms with E-state index in [0.29, 0.717) is 17.9 Å². The number of rotatable bonds is 4. The van der Waals surface area contributed by atoms with Gasteiger partial charge < -0.3 is 24.6 Å². The minimum Gasteiger partial charge on any atom is -0.496 e. The first-order valence-electron chi connectivity index (χ1n) is 12.0. The molecule has 0 bridgehead atoms. The Hall–Kier alpha value is -3.48. The predicted octanol–water partition coefficient (Wildman–Crippen LogP) is 3.07. The molecule has 0 spiro atoms. The van der Waals surface area contributed by atoms with Crippen molar-refractivity contribution in [2.75, 3.05) is 38.2 Å². The topological polar surface area (TPSA) is 71.1 Å². The number of nitrogens with one attached hydrogen (secondary N) is 1. The normalized spacial score (nSPS) is 25.9. The zero-order valence-corrected chi connectivity index (χ0v) is 19.5. The molecule has 1 saturated carbocycles. The number of benzene rings is 2. The molecule has 3 aliphatic rings. The molecule has 0 aromatic heterocycles. The van der Waals surface area contributed by atoms with Gasteiger partial charge in [0, 0.05) is 43.3 Å². The molecule has 2 saturated heterocycles. The summed E-state index contributed by atoms with van der Waals surface area (Å²) in [5.74, 6) is 0.878. The highest BCUT2D eigenvalue weighted by molar-refractivity contribution is 5.97. The zero-order chi connectivity index (χ0) is 23.5. The minimum atomic E-state index is -0.239. The van der Waals surface area contributed by atoms with Gasteiger partial charge in [-0.25, -0.2) is 0 Å². The van der Waals surface area contributed by atoms with E-state index >= 15 is 0 Å². The van der Waals surface area contributed by atoms with Gasteiger partial charge in [-0.15, -0.1) is 0 Å². The van der Waals surface area contributed by atoms with E-state index in [0.717, 1.165) is 44.6 Å². The van der Waals surface area contributed by atoms with Crippen LogP contribution in [0.15, 0.2) is 60.4 Å². The Morgan fingerprint density at radius 2 is 1.76 bits per heavy atom. The summed E-state index contributed by atoms with van der Waals surface area (Å²) in [5, 5.41) is 3.09. The largest absolute Gasteiger partial charge is 0.496 e. The average Bonchev–Trinajstić information content (AvgIpc) is 2.89. The van der Waals surface area contributed by atoms with Crippen LogP contribution >= 0.6 is 0 Å². The summed E-state index contributed by atoms with van der Waals surface area (Å²) in [6.45, 7) is 3.14.